The maximum absolute atomic E-state index is 13.4. The van der Waals surface area contributed by atoms with Crippen LogP contribution in [0.1, 0.15) is 44.5 Å². The molecule has 414 valence electrons. The molecule has 0 fully saturated rings. The molecule has 2 aliphatic rings. The zero-order chi connectivity index (χ0) is 58.4. The summed E-state index contributed by atoms with van der Waals surface area (Å²) in [6.45, 7) is 8.54. The van der Waals surface area contributed by atoms with E-state index in [4.69, 9.17) is 4.42 Å². The highest BCUT2D eigenvalue weighted by Gasteiger charge is 2.31. The number of aliphatic carboxylic acids is 4. The second-order valence-corrected chi connectivity index (χ2v) is 22.1. The van der Waals surface area contributed by atoms with Crippen LogP contribution >= 0.6 is 0 Å². The number of urea groups is 2. The van der Waals surface area contributed by atoms with E-state index in [-0.39, 0.29) is 61.9 Å². The molecule has 0 saturated carbocycles. The molecule has 1 aliphatic heterocycles. The molecule has 0 unspecified atom stereocenters. The number of anilines is 4. The van der Waals surface area contributed by atoms with Gasteiger partial charge in [-0.2, -0.15) is 25.3 Å². The largest absolute Gasteiger partial charge is 0.480 e. The van der Waals surface area contributed by atoms with Gasteiger partial charge in [-0.05, 0) is 118 Å². The first-order chi connectivity index (χ1) is 36.0. The maximum Gasteiger partial charge on any atom is 0.323 e. The van der Waals surface area contributed by atoms with Crippen LogP contribution in [0.2, 0.25) is 0 Å². The molecule has 29 heteroatoms. The Labute approximate surface area is 444 Å². The summed E-state index contributed by atoms with van der Waals surface area (Å²) >= 11 is 0. The van der Waals surface area contributed by atoms with Crippen molar-refractivity contribution in [3.63, 3.8) is 0 Å². The maximum atomic E-state index is 13.4. The number of amides is 4. The van der Waals surface area contributed by atoms with Crippen LogP contribution in [-0.4, -0.2) is 131 Å². The van der Waals surface area contributed by atoms with E-state index in [9.17, 15) is 88.1 Å². The number of nitrogens with zero attached hydrogens (tertiary/aromatic N) is 3. The van der Waals surface area contributed by atoms with Gasteiger partial charge < -0.3 is 50.6 Å². The number of hydrogen-bond acceptors (Lipinski definition) is 15. The van der Waals surface area contributed by atoms with E-state index in [1.165, 1.54) is 45.9 Å². The zero-order valence-corrected chi connectivity index (χ0v) is 44.9. The van der Waals surface area contributed by atoms with Gasteiger partial charge in [0, 0.05) is 51.3 Å². The summed E-state index contributed by atoms with van der Waals surface area (Å²) in [7, 11) is -15.8. The van der Waals surface area contributed by atoms with Crippen LogP contribution in [-0.2, 0) is 49.5 Å². The molecule has 6 rings (SSSR count). The van der Waals surface area contributed by atoms with Gasteiger partial charge >= 0.3 is 35.9 Å². The molecule has 78 heavy (non-hydrogen) atoms. The van der Waals surface area contributed by atoms with Crippen LogP contribution in [0.5, 0.6) is 0 Å². The topological polar surface area (TPSA) is 415 Å². The van der Waals surface area contributed by atoms with Crippen LogP contribution in [0.3, 0.4) is 0 Å². The van der Waals surface area contributed by atoms with E-state index in [1.54, 1.807) is 27.7 Å². The van der Waals surface area contributed by atoms with Crippen LogP contribution < -0.4 is 21.3 Å². The number of hydrogen-bond donors (Lipinski definition) is 10. The summed E-state index contributed by atoms with van der Waals surface area (Å²) in [4.78, 5) is 75.6. The Morgan fingerprint density at radius 3 is 1.35 bits per heavy atom. The SMILES string of the molecule is Cc1c(C)c(NC(=O)N(CC(=O)O)CC(=O)O)c(C)c(C)c1/N=c1/cc2oc3cc(Nc4c(C)c(C)c(NC(=O)N(CC(=O)O)CC(=O)O)c(C)c4C)c(S(=O)(=O)O)cc3c(-c3ccccc3S(=O)(=O)O)c-2cc1S(=O)(=O)O. The van der Waals surface area contributed by atoms with E-state index >= 15 is 0 Å². The summed E-state index contributed by atoms with van der Waals surface area (Å²) in [5.41, 5.74) is 1.60. The highest BCUT2D eigenvalue weighted by molar-refractivity contribution is 7.86. The van der Waals surface area contributed by atoms with Crippen LogP contribution in [0.25, 0.3) is 33.4 Å². The highest BCUT2D eigenvalue weighted by atomic mass is 32.2. The van der Waals surface area contributed by atoms with Crippen molar-refractivity contribution in [1.82, 2.24) is 9.80 Å². The first kappa shape index (κ1) is 58.8. The Morgan fingerprint density at radius 2 is 0.923 bits per heavy atom. The third-order valence-corrected chi connectivity index (χ3v) is 15.6. The fourth-order valence-corrected chi connectivity index (χ4v) is 10.7. The molecule has 10 N–H and O–H groups in total. The van der Waals surface area contributed by atoms with E-state index < -0.39 is 113 Å². The smallest absolute Gasteiger partial charge is 0.323 e. The molecule has 0 bridgehead atoms. The van der Waals surface area contributed by atoms with Gasteiger partial charge in [0.05, 0.1) is 16.7 Å². The third-order valence-electron chi connectivity index (χ3n) is 12.9. The first-order valence-electron chi connectivity index (χ1n) is 22.6. The number of carbonyl (C=O) groups excluding carboxylic acids is 2. The third kappa shape index (κ3) is 12.2. The number of fused-ring (bicyclic) bond motifs is 2. The quantitative estimate of drug-likeness (QED) is 0.0349. The Balaban J connectivity index is 1.66. The van der Waals surface area contributed by atoms with Crippen molar-refractivity contribution in [3.05, 3.63) is 98.4 Å². The van der Waals surface area contributed by atoms with Gasteiger partial charge in [-0.15, -0.1) is 0 Å². The standard InChI is InChI=1S/C49H50N6O20S3/c1-21-25(5)46(52-48(64)54(17-39(56)57)18-40(58)59)26(6)22(2)44(21)50-32-15-34-30(13-37(32)77(69,70)71)43(29-11-9-10-12-36(29)76(66,67)68)31-14-38(78(72,73)74)33(16-35(31)75-34)51-45-23(3)27(7)47(28(8)24(45)4)53-49(65)55(19-41(60)61)20-42(62)63/h9-16,50H,17-20H2,1-8H3,(H,52,64)(H,53,65)(H,56,57)(H,58,59)(H,60,61)(H,62,63)(H,66,67,68)(H,69,70,71)(H,72,73,74)/b51-33-. The molecule has 0 aromatic heterocycles. The van der Waals surface area contributed by atoms with Crippen molar-refractivity contribution in [1.29, 1.82) is 0 Å². The Kier molecular flexibility index (Phi) is 16.5. The van der Waals surface area contributed by atoms with Gasteiger partial charge in [0.2, 0.25) is 0 Å². The summed E-state index contributed by atoms with van der Waals surface area (Å²) in [6, 6.07) is 6.58. The average molecular weight is 1140 g/mol. The van der Waals surface area contributed by atoms with Crippen molar-refractivity contribution in [3.8, 4) is 22.5 Å². The fraction of sp³-hybridized carbons (Fsp3) is 0.245. The van der Waals surface area contributed by atoms with Crippen molar-refractivity contribution >= 4 is 106 Å². The minimum absolute atomic E-state index is 0.0851. The number of benzene rings is 5. The molecular weight excluding hydrogens is 1090 g/mol. The van der Waals surface area contributed by atoms with Crippen LogP contribution in [0.15, 0.2) is 72.6 Å². The van der Waals surface area contributed by atoms with Gasteiger partial charge in [0.1, 0.15) is 52.2 Å². The van der Waals surface area contributed by atoms with Crippen molar-refractivity contribution in [2.45, 2.75) is 70.1 Å². The summed E-state index contributed by atoms with van der Waals surface area (Å²) in [5, 5.41) is 44.6. The molecule has 1 heterocycles. The number of rotatable bonds is 17. The van der Waals surface area contributed by atoms with E-state index in [1.807, 2.05) is 0 Å². The molecule has 26 nitrogen and oxygen atoms in total. The lowest BCUT2D eigenvalue weighted by Crippen LogP contribution is -2.42. The first-order valence-corrected chi connectivity index (χ1v) is 27.0. The van der Waals surface area contributed by atoms with Crippen molar-refractivity contribution in [2.24, 2.45) is 4.99 Å². The Hall–Kier alpha value is -8.48. The minimum atomic E-state index is -5.33. The Morgan fingerprint density at radius 1 is 0.513 bits per heavy atom. The monoisotopic (exact) mass is 1140 g/mol. The van der Waals surface area contributed by atoms with E-state index in [2.05, 4.69) is 20.9 Å². The second-order valence-electron chi connectivity index (χ2n) is 17.9. The molecule has 0 saturated heterocycles. The number of carbonyl (C=O) groups is 6. The average Bonchev–Trinajstić information content (AvgIpc) is 3.51. The minimum Gasteiger partial charge on any atom is -0.480 e. The molecule has 1 aliphatic carbocycles. The normalized spacial score (nSPS) is 12.1. The van der Waals surface area contributed by atoms with Gasteiger partial charge in [0.15, 0.2) is 0 Å². The van der Waals surface area contributed by atoms with Crippen molar-refractivity contribution in [2.75, 3.05) is 42.1 Å². The number of carboxylic acid groups (broad SMARTS) is 4. The Bertz CT molecular complexity index is 3900. The molecule has 4 aromatic carbocycles. The molecule has 4 amide bonds. The van der Waals surface area contributed by atoms with Gasteiger partial charge in [-0.1, -0.05) is 18.2 Å². The lowest BCUT2D eigenvalue weighted by Gasteiger charge is -2.25. The molecular formula is C49H50N6O20S3. The summed E-state index contributed by atoms with van der Waals surface area (Å²) in [5.74, 6) is -6.24. The number of nitrogens with one attached hydrogen (secondary N) is 3. The predicted octanol–water partition coefficient (Wildman–Crippen LogP) is 6.39. The zero-order valence-electron chi connectivity index (χ0n) is 42.5. The molecule has 0 radical (unpaired) electrons. The van der Waals surface area contributed by atoms with Crippen LogP contribution in [0, 0.1) is 55.4 Å². The molecule has 0 spiro atoms. The second kappa shape index (κ2) is 21.9. The van der Waals surface area contributed by atoms with Gasteiger partial charge in [-0.25, -0.2) is 14.6 Å². The van der Waals surface area contributed by atoms with Crippen molar-refractivity contribution < 1.29 is 92.5 Å². The summed E-state index contributed by atoms with van der Waals surface area (Å²) in [6.07, 6.45) is 0. The van der Waals surface area contributed by atoms with E-state index in [0.29, 0.717) is 54.3 Å². The number of carboxylic acids is 4. The van der Waals surface area contributed by atoms with E-state index in [0.717, 1.165) is 30.3 Å². The van der Waals surface area contributed by atoms with Gasteiger partial charge in [0.25, 0.3) is 30.4 Å². The lowest BCUT2D eigenvalue weighted by atomic mass is 9.93. The lowest BCUT2D eigenvalue weighted by molar-refractivity contribution is -0.142. The highest BCUT2D eigenvalue weighted by Crippen LogP contribution is 2.46. The van der Waals surface area contributed by atoms with Crippen LogP contribution in [0.4, 0.5) is 38.0 Å². The fourth-order valence-electron chi connectivity index (χ4n) is 8.74. The molecule has 0 atom stereocenters. The van der Waals surface area contributed by atoms with Gasteiger partial charge in [-0.3, -0.25) is 32.8 Å². The summed E-state index contributed by atoms with van der Waals surface area (Å²) < 4.78 is 118. The molecule has 4 aromatic rings. The predicted molar refractivity (Wildman–Crippen MR) is 279 cm³/mol.